The van der Waals surface area contributed by atoms with Gasteiger partial charge in [-0.25, -0.2) is 0 Å². The monoisotopic (exact) mass is 278 g/mol. The average molecular weight is 278 g/mol. The van der Waals surface area contributed by atoms with Crippen molar-refractivity contribution in [2.45, 2.75) is 19.4 Å². The van der Waals surface area contributed by atoms with E-state index in [0.717, 1.165) is 28.1 Å². The maximum absolute atomic E-state index is 10.3. The molecule has 2 aromatic carbocycles. The molecule has 0 radical (unpaired) electrons. The van der Waals surface area contributed by atoms with Gasteiger partial charge in [-0.3, -0.25) is 5.10 Å². The molecule has 0 aliphatic heterocycles. The molecule has 21 heavy (non-hydrogen) atoms. The fourth-order valence-electron chi connectivity index (χ4n) is 2.47. The number of nitrogens with zero attached hydrogens (tertiary/aromatic N) is 1. The fourth-order valence-corrected chi connectivity index (χ4v) is 2.47. The van der Waals surface area contributed by atoms with Crippen molar-refractivity contribution in [3.8, 4) is 22.5 Å². The number of aliphatic hydroxyl groups is 1. The third-order valence-electron chi connectivity index (χ3n) is 3.52. The molecule has 0 amide bonds. The molecule has 0 atom stereocenters. The Hall–Kier alpha value is -2.39. The van der Waals surface area contributed by atoms with Gasteiger partial charge in [0.05, 0.1) is 17.0 Å². The minimum absolute atomic E-state index is 0.883. The molecule has 0 saturated carbocycles. The summed E-state index contributed by atoms with van der Waals surface area (Å²) in [6.45, 7) is 3.58. The van der Waals surface area contributed by atoms with Gasteiger partial charge in [0.2, 0.25) is 0 Å². The highest BCUT2D eigenvalue weighted by molar-refractivity contribution is 5.70. The van der Waals surface area contributed by atoms with E-state index in [9.17, 15) is 5.11 Å². The number of hydrogen-bond acceptors (Lipinski definition) is 2. The van der Waals surface area contributed by atoms with Crippen LogP contribution in [0.3, 0.4) is 0 Å². The van der Waals surface area contributed by atoms with Crippen molar-refractivity contribution < 1.29 is 5.11 Å². The van der Waals surface area contributed by atoms with Gasteiger partial charge in [0.15, 0.2) is 0 Å². The zero-order valence-corrected chi connectivity index (χ0v) is 12.2. The summed E-state index contributed by atoms with van der Waals surface area (Å²) in [7, 11) is 0. The Balaban J connectivity index is 2.06. The molecular formula is C18H18N2O. The van der Waals surface area contributed by atoms with Gasteiger partial charge in [0, 0.05) is 11.1 Å². The Kier molecular flexibility index (Phi) is 3.35. The maximum atomic E-state index is 10.3. The Morgan fingerprint density at radius 3 is 2.33 bits per heavy atom. The molecule has 0 bridgehead atoms. The van der Waals surface area contributed by atoms with Crippen molar-refractivity contribution in [2.24, 2.45) is 0 Å². The van der Waals surface area contributed by atoms with Gasteiger partial charge < -0.3 is 5.11 Å². The smallest absolute Gasteiger partial charge is 0.0927 e. The average Bonchev–Trinajstić information content (AvgIpc) is 2.97. The van der Waals surface area contributed by atoms with Crippen LogP contribution in [0.2, 0.25) is 0 Å². The van der Waals surface area contributed by atoms with E-state index in [1.165, 1.54) is 0 Å². The summed E-state index contributed by atoms with van der Waals surface area (Å²) in [5.74, 6) is 0. The zero-order chi connectivity index (χ0) is 14.9. The van der Waals surface area contributed by atoms with E-state index in [1.54, 1.807) is 13.8 Å². The van der Waals surface area contributed by atoms with E-state index in [1.807, 2.05) is 60.7 Å². The first kappa shape index (κ1) is 13.6. The highest BCUT2D eigenvalue weighted by Gasteiger charge is 2.21. The Labute approximate surface area is 124 Å². The highest BCUT2D eigenvalue weighted by Crippen LogP contribution is 2.32. The van der Waals surface area contributed by atoms with Gasteiger partial charge in [0.1, 0.15) is 0 Å². The summed E-state index contributed by atoms with van der Waals surface area (Å²) >= 11 is 0. The molecule has 0 spiro atoms. The van der Waals surface area contributed by atoms with Crippen molar-refractivity contribution in [3.63, 3.8) is 0 Å². The van der Waals surface area contributed by atoms with Crippen molar-refractivity contribution in [2.75, 3.05) is 0 Å². The van der Waals surface area contributed by atoms with Gasteiger partial charge in [-0.1, -0.05) is 54.6 Å². The second-order valence-corrected chi connectivity index (χ2v) is 5.64. The van der Waals surface area contributed by atoms with Crippen molar-refractivity contribution in [1.29, 1.82) is 0 Å². The lowest BCUT2D eigenvalue weighted by Gasteiger charge is -2.20. The summed E-state index contributed by atoms with van der Waals surface area (Å²) in [4.78, 5) is 0. The van der Waals surface area contributed by atoms with Crippen molar-refractivity contribution in [1.82, 2.24) is 10.2 Å². The van der Waals surface area contributed by atoms with Gasteiger partial charge in [-0.2, -0.15) is 5.10 Å². The Morgan fingerprint density at radius 1 is 0.952 bits per heavy atom. The molecule has 0 unspecified atom stereocenters. The minimum Gasteiger partial charge on any atom is -0.386 e. The first-order chi connectivity index (χ1) is 10.1. The normalized spacial score (nSPS) is 11.6. The van der Waals surface area contributed by atoms with E-state index in [2.05, 4.69) is 10.2 Å². The first-order valence-electron chi connectivity index (χ1n) is 6.99. The molecule has 0 fully saturated rings. The number of hydrogen-bond donors (Lipinski definition) is 2. The lowest BCUT2D eigenvalue weighted by atomic mass is 9.91. The molecule has 3 nitrogen and oxygen atoms in total. The van der Waals surface area contributed by atoms with E-state index in [-0.39, 0.29) is 0 Å². The van der Waals surface area contributed by atoms with Gasteiger partial charge >= 0.3 is 0 Å². The largest absolute Gasteiger partial charge is 0.386 e. The summed E-state index contributed by atoms with van der Waals surface area (Å²) in [6.07, 6.45) is 0. The van der Waals surface area contributed by atoms with Crippen LogP contribution in [0, 0.1) is 0 Å². The van der Waals surface area contributed by atoms with Crippen LogP contribution >= 0.6 is 0 Å². The van der Waals surface area contributed by atoms with Gasteiger partial charge in [0.25, 0.3) is 0 Å². The maximum Gasteiger partial charge on any atom is 0.0927 e. The predicted molar refractivity (Wildman–Crippen MR) is 84.7 cm³/mol. The SMILES string of the molecule is CC(C)(O)c1ccccc1-c1cc(-c2ccccc2)n[nH]1. The van der Waals surface area contributed by atoms with E-state index in [4.69, 9.17) is 0 Å². The van der Waals surface area contributed by atoms with E-state index < -0.39 is 5.60 Å². The Morgan fingerprint density at radius 2 is 1.62 bits per heavy atom. The summed E-state index contributed by atoms with van der Waals surface area (Å²) in [5.41, 5.74) is 3.84. The van der Waals surface area contributed by atoms with Crippen molar-refractivity contribution >= 4 is 0 Å². The number of H-pyrrole nitrogens is 1. The number of benzene rings is 2. The predicted octanol–water partition coefficient (Wildman–Crippen LogP) is 3.97. The van der Waals surface area contributed by atoms with Crippen LogP contribution in [0.15, 0.2) is 60.7 Å². The molecule has 0 saturated heterocycles. The van der Waals surface area contributed by atoms with Gasteiger partial charge in [-0.15, -0.1) is 0 Å². The van der Waals surface area contributed by atoms with Crippen LogP contribution in [-0.4, -0.2) is 15.3 Å². The fraction of sp³-hybridized carbons (Fsp3) is 0.167. The van der Waals surface area contributed by atoms with Crippen LogP contribution in [0.25, 0.3) is 22.5 Å². The molecule has 3 rings (SSSR count). The highest BCUT2D eigenvalue weighted by atomic mass is 16.3. The third kappa shape index (κ3) is 2.73. The molecule has 1 heterocycles. The second kappa shape index (κ2) is 5.19. The lowest BCUT2D eigenvalue weighted by Crippen LogP contribution is -2.16. The van der Waals surface area contributed by atoms with Crippen LogP contribution < -0.4 is 0 Å². The standard InChI is InChI=1S/C18H18N2O/c1-18(2,21)15-11-7-6-10-14(15)17-12-16(19-20-17)13-8-4-3-5-9-13/h3-12,21H,1-2H3,(H,19,20). The first-order valence-corrected chi connectivity index (χ1v) is 6.99. The summed E-state index contributed by atoms with van der Waals surface area (Å²) in [6, 6.07) is 19.9. The van der Waals surface area contributed by atoms with Crippen LogP contribution in [0.5, 0.6) is 0 Å². The van der Waals surface area contributed by atoms with Crippen molar-refractivity contribution in [3.05, 3.63) is 66.2 Å². The summed E-state index contributed by atoms with van der Waals surface area (Å²) < 4.78 is 0. The van der Waals surface area contributed by atoms with Crippen LogP contribution in [0.4, 0.5) is 0 Å². The molecule has 3 aromatic rings. The number of aromatic nitrogens is 2. The van der Waals surface area contributed by atoms with E-state index in [0.29, 0.717) is 0 Å². The van der Waals surface area contributed by atoms with Gasteiger partial charge in [-0.05, 0) is 25.5 Å². The topological polar surface area (TPSA) is 48.9 Å². The molecule has 3 heteroatoms. The third-order valence-corrected chi connectivity index (χ3v) is 3.52. The molecule has 1 aromatic heterocycles. The molecule has 106 valence electrons. The molecule has 0 aliphatic carbocycles. The quantitative estimate of drug-likeness (QED) is 0.761. The van der Waals surface area contributed by atoms with E-state index >= 15 is 0 Å². The lowest BCUT2D eigenvalue weighted by molar-refractivity contribution is 0.0792. The minimum atomic E-state index is -0.894. The molecule has 0 aliphatic rings. The number of rotatable bonds is 3. The Bertz CT molecular complexity index is 739. The summed E-state index contributed by atoms with van der Waals surface area (Å²) in [5, 5.41) is 17.8. The second-order valence-electron chi connectivity index (χ2n) is 5.64. The molecule has 2 N–H and O–H groups in total. The van der Waals surface area contributed by atoms with Crippen LogP contribution in [0.1, 0.15) is 19.4 Å². The molecular weight excluding hydrogens is 260 g/mol. The zero-order valence-electron chi connectivity index (χ0n) is 12.2. The number of nitrogens with one attached hydrogen (secondary N) is 1. The number of aromatic amines is 1. The van der Waals surface area contributed by atoms with Crippen LogP contribution in [-0.2, 0) is 5.60 Å².